The molecule has 0 aromatic carbocycles. The van der Waals surface area contributed by atoms with E-state index in [4.69, 9.17) is 9.84 Å². The Morgan fingerprint density at radius 1 is 1.23 bits per heavy atom. The van der Waals surface area contributed by atoms with Gasteiger partial charge in [-0.1, -0.05) is 6.07 Å². The van der Waals surface area contributed by atoms with Crippen LogP contribution in [0.5, 0.6) is 0 Å². The molecule has 0 atom stereocenters. The molecule has 8 heteroatoms. The standard InChI is InChI=1S/C18H26N2O4.2ClH/c1-18(2,3)24-17(23)20-11-9-13(10-12-20)15-6-4-5-14(19-15)7-8-16(21)22;;/h4-6,13H,7-12H2,1-3H3,(H,21,22);2*1H. The number of hydrogen-bond acceptors (Lipinski definition) is 4. The predicted octanol–water partition coefficient (Wildman–Crippen LogP) is 4.06. The largest absolute Gasteiger partial charge is 0.481 e. The second-order valence-corrected chi connectivity index (χ2v) is 7.19. The number of aliphatic carboxylic acids is 1. The quantitative estimate of drug-likeness (QED) is 0.815. The first-order chi connectivity index (χ1) is 11.2. The van der Waals surface area contributed by atoms with Crippen molar-refractivity contribution in [2.24, 2.45) is 0 Å². The fourth-order valence-corrected chi connectivity index (χ4v) is 2.78. The third-order valence-corrected chi connectivity index (χ3v) is 3.99. The second-order valence-electron chi connectivity index (χ2n) is 7.19. The lowest BCUT2D eigenvalue weighted by Gasteiger charge is -2.33. The van der Waals surface area contributed by atoms with Crippen molar-refractivity contribution in [2.45, 2.75) is 58.0 Å². The highest BCUT2D eigenvalue weighted by atomic mass is 35.5. The molecule has 1 aromatic rings. The van der Waals surface area contributed by atoms with Gasteiger partial charge < -0.3 is 14.7 Å². The molecule has 0 spiro atoms. The number of piperidine rings is 1. The predicted molar refractivity (Wildman–Crippen MR) is 104 cm³/mol. The second kappa shape index (κ2) is 10.6. The molecule has 0 radical (unpaired) electrons. The van der Waals surface area contributed by atoms with E-state index in [0.717, 1.165) is 24.2 Å². The molecule has 0 aliphatic carbocycles. The summed E-state index contributed by atoms with van der Waals surface area (Å²) in [6.07, 6.45) is 1.96. The molecule has 1 fully saturated rings. The highest BCUT2D eigenvalue weighted by molar-refractivity contribution is 5.85. The van der Waals surface area contributed by atoms with Gasteiger partial charge in [0.25, 0.3) is 0 Å². The topological polar surface area (TPSA) is 79.7 Å². The molecule has 1 N–H and O–H groups in total. The number of carbonyl (C=O) groups is 2. The molecule has 1 aliphatic rings. The van der Waals surface area contributed by atoms with Crippen molar-refractivity contribution in [3.05, 3.63) is 29.6 Å². The van der Waals surface area contributed by atoms with Crippen LogP contribution in [-0.4, -0.2) is 45.7 Å². The first-order valence-corrected chi connectivity index (χ1v) is 8.40. The van der Waals surface area contributed by atoms with Crippen molar-refractivity contribution < 1.29 is 19.4 Å². The van der Waals surface area contributed by atoms with Gasteiger partial charge in [0, 0.05) is 36.8 Å². The summed E-state index contributed by atoms with van der Waals surface area (Å²) in [4.78, 5) is 29.1. The number of carboxylic acid groups (broad SMARTS) is 1. The molecule has 6 nitrogen and oxygen atoms in total. The van der Waals surface area contributed by atoms with E-state index < -0.39 is 11.6 Å². The molecule has 2 rings (SSSR count). The van der Waals surface area contributed by atoms with Gasteiger partial charge >= 0.3 is 12.1 Å². The number of rotatable bonds is 4. The molecule has 148 valence electrons. The van der Waals surface area contributed by atoms with Gasteiger partial charge in [0.15, 0.2) is 0 Å². The number of aryl methyl sites for hydroxylation is 1. The van der Waals surface area contributed by atoms with Gasteiger partial charge in [0.05, 0.1) is 6.42 Å². The van der Waals surface area contributed by atoms with Crippen LogP contribution in [0.1, 0.15) is 57.3 Å². The van der Waals surface area contributed by atoms with Crippen LogP contribution in [0.4, 0.5) is 4.79 Å². The Balaban J connectivity index is 0.00000312. The summed E-state index contributed by atoms with van der Waals surface area (Å²) in [5.74, 6) is -0.513. The molecule has 1 aromatic heterocycles. The maximum Gasteiger partial charge on any atom is 0.410 e. The number of halogens is 2. The van der Waals surface area contributed by atoms with E-state index in [1.165, 1.54) is 0 Å². The summed E-state index contributed by atoms with van der Waals surface area (Å²) in [6.45, 7) is 6.90. The van der Waals surface area contributed by atoms with Crippen molar-refractivity contribution in [3.8, 4) is 0 Å². The van der Waals surface area contributed by atoms with Crippen LogP contribution in [-0.2, 0) is 16.0 Å². The molecule has 1 saturated heterocycles. The van der Waals surface area contributed by atoms with Gasteiger partial charge in [-0.15, -0.1) is 24.8 Å². The van der Waals surface area contributed by atoms with Crippen LogP contribution in [0.2, 0.25) is 0 Å². The zero-order valence-corrected chi connectivity index (χ0v) is 17.1. The summed E-state index contributed by atoms with van der Waals surface area (Å²) in [5.41, 5.74) is 1.32. The summed E-state index contributed by atoms with van der Waals surface area (Å²) >= 11 is 0. The molecule has 0 saturated carbocycles. The van der Waals surface area contributed by atoms with Gasteiger partial charge in [0.1, 0.15) is 5.60 Å². The third kappa shape index (κ3) is 7.79. The SMILES string of the molecule is CC(C)(C)OC(=O)N1CCC(c2cccc(CCC(=O)O)n2)CC1.Cl.Cl. The molecule has 0 bridgehead atoms. The zero-order valence-electron chi connectivity index (χ0n) is 15.4. The number of carbonyl (C=O) groups excluding carboxylic acids is 1. The number of likely N-dealkylation sites (tertiary alicyclic amines) is 1. The van der Waals surface area contributed by atoms with Crippen LogP contribution in [0, 0.1) is 0 Å². The van der Waals surface area contributed by atoms with Crippen molar-refractivity contribution >= 4 is 36.9 Å². The Labute approximate surface area is 167 Å². The molecule has 2 heterocycles. The van der Waals surface area contributed by atoms with E-state index in [2.05, 4.69) is 4.98 Å². The van der Waals surface area contributed by atoms with E-state index in [0.29, 0.717) is 25.4 Å². The molecule has 0 unspecified atom stereocenters. The van der Waals surface area contributed by atoms with E-state index in [-0.39, 0.29) is 37.3 Å². The zero-order chi connectivity index (χ0) is 17.7. The Kier molecular flexibility index (Phi) is 9.96. The van der Waals surface area contributed by atoms with Crippen molar-refractivity contribution in [3.63, 3.8) is 0 Å². The number of carboxylic acids is 1. The summed E-state index contributed by atoms with van der Waals surface area (Å²) in [7, 11) is 0. The lowest BCUT2D eigenvalue weighted by atomic mass is 9.93. The van der Waals surface area contributed by atoms with Gasteiger partial charge in [-0.2, -0.15) is 0 Å². The summed E-state index contributed by atoms with van der Waals surface area (Å²) in [6, 6.07) is 5.78. The molecule has 26 heavy (non-hydrogen) atoms. The van der Waals surface area contributed by atoms with Crippen LogP contribution in [0.15, 0.2) is 18.2 Å². The van der Waals surface area contributed by atoms with E-state index in [9.17, 15) is 9.59 Å². The van der Waals surface area contributed by atoms with Crippen molar-refractivity contribution in [1.29, 1.82) is 0 Å². The first kappa shape index (κ1) is 24.5. The first-order valence-electron chi connectivity index (χ1n) is 8.40. The van der Waals surface area contributed by atoms with E-state index in [1.54, 1.807) is 4.90 Å². The minimum atomic E-state index is -0.812. The highest BCUT2D eigenvalue weighted by Crippen LogP contribution is 2.27. The van der Waals surface area contributed by atoms with E-state index in [1.807, 2.05) is 39.0 Å². The lowest BCUT2D eigenvalue weighted by Crippen LogP contribution is -2.41. The molecular weight excluding hydrogens is 379 g/mol. The van der Waals surface area contributed by atoms with Gasteiger partial charge in [0.2, 0.25) is 0 Å². The van der Waals surface area contributed by atoms with Crippen LogP contribution >= 0.6 is 24.8 Å². The minimum absolute atomic E-state index is 0. The van der Waals surface area contributed by atoms with Gasteiger partial charge in [-0.3, -0.25) is 9.78 Å². The highest BCUT2D eigenvalue weighted by Gasteiger charge is 2.28. The average Bonchev–Trinajstić information content (AvgIpc) is 2.52. The van der Waals surface area contributed by atoms with Crippen molar-refractivity contribution in [2.75, 3.05) is 13.1 Å². The maximum atomic E-state index is 12.1. The smallest absolute Gasteiger partial charge is 0.410 e. The minimum Gasteiger partial charge on any atom is -0.481 e. The number of hydrogen-bond donors (Lipinski definition) is 1. The fraction of sp³-hybridized carbons (Fsp3) is 0.611. The Bertz CT molecular complexity index is 597. The third-order valence-electron chi connectivity index (χ3n) is 3.99. The van der Waals surface area contributed by atoms with Crippen LogP contribution in [0.3, 0.4) is 0 Å². The van der Waals surface area contributed by atoms with Crippen molar-refractivity contribution in [1.82, 2.24) is 9.88 Å². The number of pyridine rings is 1. The average molecular weight is 407 g/mol. The molecule has 1 aliphatic heterocycles. The normalized spacial score (nSPS) is 14.8. The van der Waals surface area contributed by atoms with Crippen LogP contribution < -0.4 is 0 Å². The van der Waals surface area contributed by atoms with E-state index >= 15 is 0 Å². The maximum absolute atomic E-state index is 12.1. The van der Waals surface area contributed by atoms with Gasteiger partial charge in [-0.25, -0.2) is 4.79 Å². The van der Waals surface area contributed by atoms with Crippen LogP contribution in [0.25, 0.3) is 0 Å². The van der Waals surface area contributed by atoms with Gasteiger partial charge in [-0.05, 0) is 45.7 Å². The Morgan fingerprint density at radius 2 is 1.85 bits per heavy atom. The summed E-state index contributed by atoms with van der Waals surface area (Å²) < 4.78 is 5.41. The Morgan fingerprint density at radius 3 is 2.38 bits per heavy atom. The fourth-order valence-electron chi connectivity index (χ4n) is 2.78. The number of nitrogens with zero attached hydrogens (tertiary/aromatic N) is 2. The monoisotopic (exact) mass is 406 g/mol. The Hall–Kier alpha value is -1.53. The lowest BCUT2D eigenvalue weighted by molar-refractivity contribution is -0.136. The molecular formula is C18H28Cl2N2O4. The number of ether oxygens (including phenoxy) is 1. The molecule has 1 amide bonds. The number of aromatic nitrogens is 1. The summed E-state index contributed by atoms with van der Waals surface area (Å²) in [5, 5.41) is 8.78. The number of amides is 1.